The van der Waals surface area contributed by atoms with Crippen LogP contribution in [0.1, 0.15) is 11.1 Å². The van der Waals surface area contributed by atoms with Crippen LogP contribution >= 0.6 is 11.3 Å². The molecule has 0 saturated carbocycles. The van der Waals surface area contributed by atoms with Crippen molar-refractivity contribution in [1.29, 1.82) is 0 Å². The van der Waals surface area contributed by atoms with E-state index in [-0.39, 0.29) is 17.9 Å². The minimum absolute atomic E-state index is 0.0342. The Morgan fingerprint density at radius 3 is 2.67 bits per heavy atom. The van der Waals surface area contributed by atoms with Gasteiger partial charge in [-0.15, -0.1) is 11.3 Å². The standard InChI is InChI=1S/C16H14N2O4S2/c19-16(20)7-11-3-1-2-4-12(11)9-18-24(21,22)13-5-6-14-15(8-13)23-10-17-14/h1-6,8,10,18H,7,9H2,(H,19,20). The lowest BCUT2D eigenvalue weighted by atomic mass is 10.1. The molecule has 0 radical (unpaired) electrons. The number of nitrogens with zero attached hydrogens (tertiary/aromatic N) is 1. The number of aliphatic carboxylic acids is 1. The second-order valence-corrected chi connectivity index (χ2v) is 7.80. The second-order valence-electron chi connectivity index (χ2n) is 5.15. The van der Waals surface area contributed by atoms with Gasteiger partial charge in [0.1, 0.15) is 0 Å². The van der Waals surface area contributed by atoms with Crippen LogP contribution in [0, 0.1) is 0 Å². The number of thiazole rings is 1. The first kappa shape index (κ1) is 16.6. The average molecular weight is 362 g/mol. The molecule has 0 bridgehead atoms. The van der Waals surface area contributed by atoms with Crippen molar-refractivity contribution in [1.82, 2.24) is 9.71 Å². The molecular formula is C16H14N2O4S2. The number of carbonyl (C=O) groups is 1. The Kier molecular flexibility index (Phi) is 4.61. The number of aromatic nitrogens is 1. The number of rotatable bonds is 6. The second kappa shape index (κ2) is 6.68. The Hall–Kier alpha value is -2.29. The van der Waals surface area contributed by atoms with Crippen LogP contribution in [-0.4, -0.2) is 24.5 Å². The molecule has 124 valence electrons. The van der Waals surface area contributed by atoms with Gasteiger partial charge in [-0.3, -0.25) is 4.79 Å². The summed E-state index contributed by atoms with van der Waals surface area (Å²) in [6.07, 6.45) is -0.148. The fourth-order valence-corrected chi connectivity index (χ4v) is 4.15. The largest absolute Gasteiger partial charge is 0.481 e. The summed E-state index contributed by atoms with van der Waals surface area (Å²) in [6, 6.07) is 11.6. The number of nitrogens with one attached hydrogen (secondary N) is 1. The van der Waals surface area contributed by atoms with Crippen molar-refractivity contribution in [3.05, 3.63) is 59.1 Å². The third-order valence-electron chi connectivity index (χ3n) is 3.53. The van der Waals surface area contributed by atoms with Crippen molar-refractivity contribution >= 4 is 37.5 Å². The molecule has 0 unspecified atom stereocenters. The van der Waals surface area contributed by atoms with Crippen molar-refractivity contribution in [3.63, 3.8) is 0 Å². The molecule has 0 amide bonds. The summed E-state index contributed by atoms with van der Waals surface area (Å²) in [5, 5.41) is 8.93. The van der Waals surface area contributed by atoms with Gasteiger partial charge in [-0.1, -0.05) is 24.3 Å². The van der Waals surface area contributed by atoms with Crippen LogP contribution in [-0.2, 0) is 27.8 Å². The van der Waals surface area contributed by atoms with E-state index in [4.69, 9.17) is 5.11 Å². The lowest BCUT2D eigenvalue weighted by Crippen LogP contribution is -2.24. The van der Waals surface area contributed by atoms with Gasteiger partial charge in [0.05, 0.1) is 27.0 Å². The molecule has 3 rings (SSSR count). The van der Waals surface area contributed by atoms with E-state index in [1.165, 1.54) is 17.4 Å². The molecule has 1 aromatic heterocycles. The van der Waals surface area contributed by atoms with E-state index in [0.717, 1.165) is 10.2 Å². The first-order valence-corrected chi connectivity index (χ1v) is 9.43. The number of hydrogen-bond donors (Lipinski definition) is 2. The third kappa shape index (κ3) is 3.61. The lowest BCUT2D eigenvalue weighted by Gasteiger charge is -2.10. The number of carboxylic acid groups (broad SMARTS) is 1. The highest BCUT2D eigenvalue weighted by Gasteiger charge is 2.16. The minimum Gasteiger partial charge on any atom is -0.481 e. The molecular weight excluding hydrogens is 348 g/mol. The monoisotopic (exact) mass is 362 g/mol. The van der Waals surface area contributed by atoms with Crippen LogP contribution in [0.25, 0.3) is 10.2 Å². The summed E-state index contributed by atoms with van der Waals surface area (Å²) in [6.45, 7) is 0.0342. The predicted octanol–water partition coefficient (Wildman–Crippen LogP) is 2.40. The Balaban J connectivity index is 1.81. The Labute approximate surface area is 142 Å². The summed E-state index contributed by atoms with van der Waals surface area (Å²) in [7, 11) is -3.69. The molecule has 0 aliphatic carbocycles. The van der Waals surface area contributed by atoms with Gasteiger partial charge >= 0.3 is 5.97 Å². The number of hydrogen-bond acceptors (Lipinski definition) is 5. The fourth-order valence-electron chi connectivity index (χ4n) is 2.32. The van der Waals surface area contributed by atoms with Crippen LogP contribution in [0.3, 0.4) is 0 Å². The topological polar surface area (TPSA) is 96.4 Å². The zero-order valence-corrected chi connectivity index (χ0v) is 14.1. The summed E-state index contributed by atoms with van der Waals surface area (Å²) < 4.78 is 28.2. The van der Waals surface area contributed by atoms with Gasteiger partial charge in [0, 0.05) is 6.54 Å². The van der Waals surface area contributed by atoms with Crippen LogP contribution in [0.15, 0.2) is 52.9 Å². The Bertz CT molecular complexity index is 996. The van der Waals surface area contributed by atoms with Crippen molar-refractivity contribution in [2.45, 2.75) is 17.9 Å². The molecule has 2 N–H and O–H groups in total. The number of carboxylic acids is 1. The zero-order valence-electron chi connectivity index (χ0n) is 12.5. The van der Waals surface area contributed by atoms with Gasteiger partial charge in [-0.05, 0) is 29.3 Å². The molecule has 3 aromatic rings. The zero-order chi connectivity index (χ0) is 17.2. The maximum absolute atomic E-state index is 12.5. The smallest absolute Gasteiger partial charge is 0.307 e. The van der Waals surface area contributed by atoms with Gasteiger partial charge in [0.25, 0.3) is 0 Å². The SMILES string of the molecule is O=C(O)Cc1ccccc1CNS(=O)(=O)c1ccc2ncsc2c1. The van der Waals surface area contributed by atoms with Crippen molar-refractivity contribution < 1.29 is 18.3 Å². The van der Waals surface area contributed by atoms with E-state index >= 15 is 0 Å². The molecule has 0 aliphatic heterocycles. The molecule has 24 heavy (non-hydrogen) atoms. The maximum Gasteiger partial charge on any atom is 0.307 e. The van der Waals surface area contributed by atoms with E-state index in [1.54, 1.807) is 41.9 Å². The minimum atomic E-state index is -3.69. The van der Waals surface area contributed by atoms with E-state index in [1.807, 2.05) is 0 Å². The first-order chi connectivity index (χ1) is 11.5. The Morgan fingerprint density at radius 1 is 1.17 bits per heavy atom. The van der Waals surface area contributed by atoms with Crippen molar-refractivity contribution in [3.8, 4) is 0 Å². The molecule has 8 heteroatoms. The molecule has 0 aliphatic rings. The summed E-state index contributed by atoms with van der Waals surface area (Å²) >= 11 is 1.37. The van der Waals surface area contributed by atoms with Crippen LogP contribution in [0.4, 0.5) is 0 Å². The lowest BCUT2D eigenvalue weighted by molar-refractivity contribution is -0.136. The highest BCUT2D eigenvalue weighted by Crippen LogP contribution is 2.22. The predicted molar refractivity (Wildman–Crippen MR) is 91.4 cm³/mol. The molecule has 0 atom stereocenters. The van der Waals surface area contributed by atoms with E-state index in [9.17, 15) is 13.2 Å². The van der Waals surface area contributed by atoms with Gasteiger partial charge in [-0.25, -0.2) is 18.1 Å². The molecule has 0 spiro atoms. The van der Waals surface area contributed by atoms with E-state index in [0.29, 0.717) is 11.1 Å². The highest BCUT2D eigenvalue weighted by atomic mass is 32.2. The molecule has 1 heterocycles. The summed E-state index contributed by atoms with van der Waals surface area (Å²) in [4.78, 5) is 15.2. The molecule has 0 saturated heterocycles. The molecule has 2 aromatic carbocycles. The van der Waals surface area contributed by atoms with Gasteiger partial charge < -0.3 is 5.11 Å². The third-order valence-corrected chi connectivity index (χ3v) is 5.72. The highest BCUT2D eigenvalue weighted by molar-refractivity contribution is 7.89. The Morgan fingerprint density at radius 2 is 1.92 bits per heavy atom. The molecule has 6 nitrogen and oxygen atoms in total. The number of fused-ring (bicyclic) bond motifs is 1. The number of sulfonamides is 1. The van der Waals surface area contributed by atoms with Gasteiger partial charge in [0.15, 0.2) is 0 Å². The van der Waals surface area contributed by atoms with Crippen molar-refractivity contribution in [2.24, 2.45) is 0 Å². The van der Waals surface area contributed by atoms with E-state index < -0.39 is 16.0 Å². The molecule has 0 fully saturated rings. The summed E-state index contributed by atoms with van der Waals surface area (Å²) in [5.41, 5.74) is 3.65. The normalized spacial score (nSPS) is 11.7. The van der Waals surface area contributed by atoms with Gasteiger partial charge in [-0.2, -0.15) is 0 Å². The van der Waals surface area contributed by atoms with Gasteiger partial charge in [0.2, 0.25) is 10.0 Å². The quantitative estimate of drug-likeness (QED) is 0.702. The van der Waals surface area contributed by atoms with Crippen LogP contribution in [0.2, 0.25) is 0 Å². The van der Waals surface area contributed by atoms with Crippen molar-refractivity contribution in [2.75, 3.05) is 0 Å². The van der Waals surface area contributed by atoms with Crippen LogP contribution in [0.5, 0.6) is 0 Å². The first-order valence-electron chi connectivity index (χ1n) is 7.07. The number of benzene rings is 2. The van der Waals surface area contributed by atoms with E-state index in [2.05, 4.69) is 9.71 Å². The van der Waals surface area contributed by atoms with Crippen LogP contribution < -0.4 is 4.72 Å². The fraction of sp³-hybridized carbons (Fsp3) is 0.125. The maximum atomic E-state index is 12.5. The summed E-state index contributed by atoms with van der Waals surface area (Å²) in [5.74, 6) is -0.957. The average Bonchev–Trinajstić information content (AvgIpc) is 3.01.